The van der Waals surface area contributed by atoms with Crippen molar-refractivity contribution in [2.75, 3.05) is 11.9 Å². The van der Waals surface area contributed by atoms with Crippen LogP contribution in [0.25, 0.3) is 0 Å². The standard InChI is InChI=1S/C13H11BrClFN4S/c14-11-12(18-7-6-17-11)20-13(21)19-5-4-8-9(15)2-1-3-10(8)16/h1-3,6-7H,4-5H2,(H2,18,19,20,21). The van der Waals surface area contributed by atoms with Gasteiger partial charge in [-0.25, -0.2) is 14.4 Å². The first-order valence-electron chi connectivity index (χ1n) is 6.02. The van der Waals surface area contributed by atoms with Crippen molar-refractivity contribution in [3.63, 3.8) is 0 Å². The fourth-order valence-corrected chi connectivity index (χ4v) is 2.40. The van der Waals surface area contributed by atoms with Crippen LogP contribution in [-0.4, -0.2) is 21.6 Å². The van der Waals surface area contributed by atoms with Crippen LogP contribution >= 0.6 is 39.7 Å². The Labute approximate surface area is 140 Å². The van der Waals surface area contributed by atoms with E-state index in [1.165, 1.54) is 6.07 Å². The molecule has 0 saturated carbocycles. The fraction of sp³-hybridized carbons (Fsp3) is 0.154. The van der Waals surface area contributed by atoms with Crippen LogP contribution < -0.4 is 10.6 Å². The summed E-state index contributed by atoms with van der Waals surface area (Å²) < 4.78 is 14.2. The van der Waals surface area contributed by atoms with Crippen LogP contribution in [-0.2, 0) is 6.42 Å². The molecule has 2 aromatic rings. The van der Waals surface area contributed by atoms with Crippen molar-refractivity contribution in [1.82, 2.24) is 15.3 Å². The molecule has 1 heterocycles. The van der Waals surface area contributed by atoms with Crippen molar-refractivity contribution in [2.45, 2.75) is 6.42 Å². The molecular weight excluding hydrogens is 379 g/mol. The van der Waals surface area contributed by atoms with E-state index in [1.54, 1.807) is 24.5 Å². The lowest BCUT2D eigenvalue weighted by Gasteiger charge is -2.11. The van der Waals surface area contributed by atoms with Gasteiger partial charge in [-0.3, -0.25) is 0 Å². The zero-order valence-electron chi connectivity index (χ0n) is 10.7. The van der Waals surface area contributed by atoms with Crippen molar-refractivity contribution >= 4 is 50.7 Å². The Balaban J connectivity index is 1.86. The van der Waals surface area contributed by atoms with E-state index in [-0.39, 0.29) is 5.82 Å². The molecule has 1 aromatic heterocycles. The maximum absolute atomic E-state index is 13.6. The lowest BCUT2D eigenvalue weighted by Crippen LogP contribution is -2.30. The number of anilines is 1. The summed E-state index contributed by atoms with van der Waals surface area (Å²) in [6.07, 6.45) is 3.54. The molecule has 2 rings (SSSR count). The monoisotopic (exact) mass is 388 g/mol. The first kappa shape index (κ1) is 16.1. The SMILES string of the molecule is Fc1cccc(Cl)c1CCNC(=S)Nc1nccnc1Br. The highest BCUT2D eigenvalue weighted by Crippen LogP contribution is 2.19. The summed E-state index contributed by atoms with van der Waals surface area (Å²) in [5, 5.41) is 6.65. The maximum atomic E-state index is 13.6. The quantitative estimate of drug-likeness (QED) is 0.783. The maximum Gasteiger partial charge on any atom is 0.172 e. The molecule has 0 fully saturated rings. The van der Waals surface area contributed by atoms with E-state index in [9.17, 15) is 4.39 Å². The Kier molecular flexibility index (Phi) is 5.84. The lowest BCUT2D eigenvalue weighted by atomic mass is 10.1. The number of nitrogens with zero attached hydrogens (tertiary/aromatic N) is 2. The Morgan fingerprint density at radius 1 is 1.33 bits per heavy atom. The lowest BCUT2D eigenvalue weighted by molar-refractivity contribution is 0.607. The second-order valence-electron chi connectivity index (χ2n) is 4.03. The number of halogens is 3. The van der Waals surface area contributed by atoms with Crippen molar-refractivity contribution in [1.29, 1.82) is 0 Å². The van der Waals surface area contributed by atoms with Crippen LogP contribution in [0.15, 0.2) is 35.2 Å². The molecule has 0 atom stereocenters. The first-order valence-corrected chi connectivity index (χ1v) is 7.60. The molecule has 8 heteroatoms. The molecule has 0 unspecified atom stereocenters. The van der Waals surface area contributed by atoms with Crippen LogP contribution in [0.5, 0.6) is 0 Å². The van der Waals surface area contributed by atoms with Gasteiger partial charge in [0.05, 0.1) is 0 Å². The average molecular weight is 390 g/mol. The number of benzene rings is 1. The molecule has 4 nitrogen and oxygen atoms in total. The predicted molar refractivity (Wildman–Crippen MR) is 89.1 cm³/mol. The summed E-state index contributed by atoms with van der Waals surface area (Å²) in [6, 6.07) is 4.62. The van der Waals surface area contributed by atoms with E-state index < -0.39 is 0 Å². The summed E-state index contributed by atoms with van der Waals surface area (Å²) in [5.74, 6) is 0.193. The predicted octanol–water partition coefficient (Wildman–Crippen LogP) is 3.56. The van der Waals surface area contributed by atoms with E-state index in [0.29, 0.717) is 39.1 Å². The highest BCUT2D eigenvalue weighted by atomic mass is 79.9. The molecule has 21 heavy (non-hydrogen) atoms. The number of nitrogens with one attached hydrogen (secondary N) is 2. The van der Waals surface area contributed by atoms with Gasteiger partial charge in [-0.15, -0.1) is 0 Å². The van der Waals surface area contributed by atoms with Gasteiger partial charge >= 0.3 is 0 Å². The summed E-state index contributed by atoms with van der Waals surface area (Å²) in [4.78, 5) is 8.10. The molecule has 0 bridgehead atoms. The van der Waals surface area contributed by atoms with E-state index >= 15 is 0 Å². The second-order valence-corrected chi connectivity index (χ2v) is 5.59. The van der Waals surface area contributed by atoms with Crippen molar-refractivity contribution in [3.05, 3.63) is 51.6 Å². The third kappa shape index (κ3) is 4.59. The molecule has 0 aliphatic carbocycles. The minimum atomic E-state index is -0.320. The second kappa shape index (κ2) is 7.63. The van der Waals surface area contributed by atoms with Crippen LogP contribution in [0.2, 0.25) is 5.02 Å². The van der Waals surface area contributed by atoms with Gasteiger partial charge in [0.15, 0.2) is 10.9 Å². The summed E-state index contributed by atoms with van der Waals surface area (Å²) in [6.45, 7) is 0.449. The molecule has 0 aliphatic rings. The van der Waals surface area contributed by atoms with Gasteiger partial charge in [-0.05, 0) is 46.7 Å². The minimum absolute atomic E-state index is 0.320. The van der Waals surface area contributed by atoms with Gasteiger partial charge in [-0.1, -0.05) is 17.7 Å². The van der Waals surface area contributed by atoms with Gasteiger partial charge in [0, 0.05) is 29.5 Å². The molecule has 1 aromatic carbocycles. The third-order valence-electron chi connectivity index (χ3n) is 2.61. The molecule has 0 aliphatic heterocycles. The highest BCUT2D eigenvalue weighted by molar-refractivity contribution is 9.10. The number of aromatic nitrogens is 2. The normalized spacial score (nSPS) is 10.2. The van der Waals surface area contributed by atoms with Gasteiger partial charge < -0.3 is 10.6 Å². The molecule has 110 valence electrons. The minimum Gasteiger partial charge on any atom is -0.362 e. The van der Waals surface area contributed by atoms with Gasteiger partial charge in [-0.2, -0.15) is 0 Å². The molecular formula is C13H11BrClFN4S. The topological polar surface area (TPSA) is 49.8 Å². The van der Waals surface area contributed by atoms with Crippen LogP contribution in [0.4, 0.5) is 10.2 Å². The summed E-state index contributed by atoms with van der Waals surface area (Å²) in [5.41, 5.74) is 0.468. The number of thiocarbonyl (C=S) groups is 1. The van der Waals surface area contributed by atoms with E-state index in [2.05, 4.69) is 36.5 Å². The first-order chi connectivity index (χ1) is 10.1. The van der Waals surface area contributed by atoms with Gasteiger partial charge in [0.1, 0.15) is 10.4 Å². The van der Waals surface area contributed by atoms with Crippen LogP contribution in [0, 0.1) is 5.82 Å². The zero-order valence-corrected chi connectivity index (χ0v) is 13.9. The van der Waals surface area contributed by atoms with Crippen molar-refractivity contribution in [3.8, 4) is 0 Å². The molecule has 2 N–H and O–H groups in total. The highest BCUT2D eigenvalue weighted by Gasteiger charge is 2.07. The van der Waals surface area contributed by atoms with E-state index in [0.717, 1.165) is 0 Å². The Bertz CT molecular complexity index is 636. The molecule has 0 amide bonds. The van der Waals surface area contributed by atoms with Crippen molar-refractivity contribution < 1.29 is 4.39 Å². The van der Waals surface area contributed by atoms with E-state index in [4.69, 9.17) is 23.8 Å². The van der Waals surface area contributed by atoms with Gasteiger partial charge in [0.2, 0.25) is 0 Å². The average Bonchev–Trinajstić information content (AvgIpc) is 2.45. The number of hydrogen-bond donors (Lipinski definition) is 2. The number of rotatable bonds is 4. The zero-order chi connectivity index (χ0) is 15.2. The van der Waals surface area contributed by atoms with Crippen LogP contribution in [0.3, 0.4) is 0 Å². The van der Waals surface area contributed by atoms with Crippen LogP contribution in [0.1, 0.15) is 5.56 Å². The summed E-state index contributed by atoms with van der Waals surface area (Å²) in [7, 11) is 0. The Morgan fingerprint density at radius 3 is 2.81 bits per heavy atom. The Morgan fingerprint density at radius 2 is 2.10 bits per heavy atom. The molecule has 0 spiro atoms. The fourth-order valence-electron chi connectivity index (χ4n) is 1.63. The molecule has 0 saturated heterocycles. The number of hydrogen-bond acceptors (Lipinski definition) is 3. The van der Waals surface area contributed by atoms with Gasteiger partial charge in [0.25, 0.3) is 0 Å². The Hall–Kier alpha value is -1.31. The van der Waals surface area contributed by atoms with Crippen molar-refractivity contribution in [2.24, 2.45) is 0 Å². The smallest absolute Gasteiger partial charge is 0.172 e. The van der Waals surface area contributed by atoms with E-state index in [1.807, 2.05) is 0 Å². The molecule has 0 radical (unpaired) electrons. The third-order valence-corrected chi connectivity index (χ3v) is 3.79. The largest absolute Gasteiger partial charge is 0.362 e. The summed E-state index contributed by atoms with van der Waals surface area (Å²) >= 11 is 14.4.